The topological polar surface area (TPSA) is 88.5 Å². The summed E-state index contributed by atoms with van der Waals surface area (Å²) in [4.78, 5) is 30.6. The zero-order chi connectivity index (χ0) is 28.1. The number of amides is 1. The second-order valence-electron chi connectivity index (χ2n) is 9.72. The number of likely N-dealkylation sites (tertiary alicyclic amines) is 1. The zero-order valence-corrected chi connectivity index (χ0v) is 22.8. The number of ketones is 1. The first kappa shape index (κ1) is 27.3. The molecule has 208 valence electrons. The Morgan fingerprint density at radius 1 is 0.950 bits per heavy atom. The van der Waals surface area contributed by atoms with E-state index < -0.39 is 17.7 Å². The Morgan fingerprint density at radius 2 is 1.70 bits per heavy atom. The average molecular weight is 543 g/mol. The van der Waals surface area contributed by atoms with Crippen molar-refractivity contribution in [1.29, 1.82) is 0 Å². The number of nitrogens with zero attached hydrogens (tertiary/aromatic N) is 2. The summed E-state index contributed by atoms with van der Waals surface area (Å²) < 4.78 is 17.3. The van der Waals surface area contributed by atoms with E-state index in [0.29, 0.717) is 61.3 Å². The third-order valence-corrected chi connectivity index (χ3v) is 7.33. The van der Waals surface area contributed by atoms with E-state index in [1.54, 1.807) is 23.1 Å². The highest BCUT2D eigenvalue weighted by Crippen LogP contribution is 2.41. The normalized spacial score (nSPS) is 17.9. The number of Topliss-reactive ketones (excluding diaryl/α,β-unsaturated/α-hetero) is 1. The van der Waals surface area contributed by atoms with Crippen LogP contribution in [0.5, 0.6) is 17.2 Å². The lowest BCUT2D eigenvalue weighted by molar-refractivity contribution is -0.140. The third kappa shape index (κ3) is 5.67. The van der Waals surface area contributed by atoms with Gasteiger partial charge in [0.2, 0.25) is 0 Å². The lowest BCUT2D eigenvalue weighted by Gasteiger charge is -2.28. The van der Waals surface area contributed by atoms with Crippen molar-refractivity contribution in [3.05, 3.63) is 95.1 Å². The van der Waals surface area contributed by atoms with E-state index in [2.05, 4.69) is 18.7 Å². The summed E-state index contributed by atoms with van der Waals surface area (Å²) >= 11 is 0. The molecule has 5 rings (SSSR count). The second-order valence-corrected chi connectivity index (χ2v) is 9.72. The summed E-state index contributed by atoms with van der Waals surface area (Å²) in [5.41, 5.74) is 2.13. The van der Waals surface area contributed by atoms with Gasteiger partial charge in [0, 0.05) is 18.7 Å². The molecule has 8 heteroatoms. The molecule has 40 heavy (non-hydrogen) atoms. The fourth-order valence-corrected chi connectivity index (χ4v) is 5.11. The van der Waals surface area contributed by atoms with Crippen LogP contribution in [0.25, 0.3) is 5.76 Å². The van der Waals surface area contributed by atoms with Crippen molar-refractivity contribution in [3.8, 4) is 17.2 Å². The minimum absolute atomic E-state index is 0.0430. The Bertz CT molecular complexity index is 1400. The van der Waals surface area contributed by atoms with Crippen molar-refractivity contribution in [3.63, 3.8) is 0 Å². The van der Waals surface area contributed by atoms with Crippen molar-refractivity contribution in [2.75, 3.05) is 39.4 Å². The quantitative estimate of drug-likeness (QED) is 0.224. The molecular weight excluding hydrogens is 508 g/mol. The maximum absolute atomic E-state index is 13.5. The van der Waals surface area contributed by atoms with E-state index in [9.17, 15) is 14.7 Å². The monoisotopic (exact) mass is 542 g/mol. The van der Waals surface area contributed by atoms with Crippen LogP contribution in [0.4, 0.5) is 0 Å². The third-order valence-electron chi connectivity index (χ3n) is 7.33. The summed E-state index contributed by atoms with van der Waals surface area (Å²) in [6.45, 7) is 7.92. The fourth-order valence-electron chi connectivity index (χ4n) is 5.11. The number of carbonyl (C=O) groups excluding carboxylic acids is 2. The van der Waals surface area contributed by atoms with Gasteiger partial charge in [-0.25, -0.2) is 0 Å². The number of rotatable bonds is 10. The SMILES string of the molecule is CCN(CC)CCN1C(=O)C(=O)C(=C(O)c2ccc3c(c2)OCCO3)[C@@H]1c1cccc(OCc2ccccc2)c1. The molecule has 1 atom stereocenters. The molecule has 1 saturated heterocycles. The van der Waals surface area contributed by atoms with Crippen molar-refractivity contribution in [1.82, 2.24) is 9.80 Å². The predicted octanol–water partition coefficient (Wildman–Crippen LogP) is 4.80. The first-order valence-corrected chi connectivity index (χ1v) is 13.7. The standard InChI is InChI=1S/C32H34N2O6/c1-3-33(4-2)15-16-34-29(23-11-8-12-25(19-23)40-21-22-9-6-5-7-10-22)28(31(36)32(34)37)30(35)24-13-14-26-27(20-24)39-18-17-38-26/h5-14,19-20,29,35H,3-4,15-18,21H2,1-2H3/t29-/m0/s1. The van der Waals surface area contributed by atoms with E-state index >= 15 is 0 Å². The number of likely N-dealkylation sites (N-methyl/N-ethyl adjacent to an activating group) is 1. The van der Waals surface area contributed by atoms with Gasteiger partial charge in [-0.1, -0.05) is 56.3 Å². The number of hydrogen-bond donors (Lipinski definition) is 1. The molecule has 2 heterocycles. The van der Waals surface area contributed by atoms with Gasteiger partial charge in [0.05, 0.1) is 11.6 Å². The molecule has 8 nitrogen and oxygen atoms in total. The molecule has 2 aliphatic heterocycles. The largest absolute Gasteiger partial charge is 0.507 e. The van der Waals surface area contributed by atoms with Crippen molar-refractivity contribution < 1.29 is 28.9 Å². The maximum atomic E-state index is 13.5. The maximum Gasteiger partial charge on any atom is 0.295 e. The molecule has 0 bridgehead atoms. The smallest absolute Gasteiger partial charge is 0.295 e. The molecule has 3 aromatic carbocycles. The molecule has 1 N–H and O–H groups in total. The Kier molecular flexibility index (Phi) is 8.36. The molecule has 0 saturated carbocycles. The Morgan fingerprint density at radius 3 is 2.45 bits per heavy atom. The Labute approximate surface area is 234 Å². The highest BCUT2D eigenvalue weighted by molar-refractivity contribution is 6.46. The minimum atomic E-state index is -0.774. The number of aliphatic hydroxyl groups is 1. The van der Waals surface area contributed by atoms with Crippen LogP contribution in [0, 0.1) is 0 Å². The van der Waals surface area contributed by atoms with Crippen LogP contribution in [0.1, 0.15) is 36.6 Å². The summed E-state index contributed by atoms with van der Waals surface area (Å²) in [5, 5.41) is 11.5. The lowest BCUT2D eigenvalue weighted by atomic mass is 9.95. The van der Waals surface area contributed by atoms with E-state index in [-0.39, 0.29) is 11.3 Å². The van der Waals surface area contributed by atoms with Crippen LogP contribution in [0.3, 0.4) is 0 Å². The van der Waals surface area contributed by atoms with Gasteiger partial charge in [0.25, 0.3) is 11.7 Å². The minimum Gasteiger partial charge on any atom is -0.507 e. The Balaban J connectivity index is 1.53. The van der Waals surface area contributed by atoms with Gasteiger partial charge < -0.3 is 29.1 Å². The van der Waals surface area contributed by atoms with Crippen LogP contribution in [-0.2, 0) is 16.2 Å². The average Bonchev–Trinajstić information content (AvgIpc) is 3.25. The Hall–Kier alpha value is -4.30. The molecule has 1 fully saturated rings. The molecule has 0 aliphatic carbocycles. The lowest BCUT2D eigenvalue weighted by Crippen LogP contribution is -2.38. The molecule has 1 amide bonds. The van der Waals surface area contributed by atoms with Crippen molar-refractivity contribution >= 4 is 17.4 Å². The molecule has 0 spiro atoms. The van der Waals surface area contributed by atoms with E-state index in [1.807, 2.05) is 54.6 Å². The second kappa shape index (κ2) is 12.3. The summed E-state index contributed by atoms with van der Waals surface area (Å²) in [7, 11) is 0. The van der Waals surface area contributed by atoms with Crippen LogP contribution in [-0.4, -0.2) is 66.0 Å². The molecule has 2 aliphatic rings. The van der Waals surface area contributed by atoms with Crippen LogP contribution in [0.15, 0.2) is 78.4 Å². The van der Waals surface area contributed by atoms with Gasteiger partial charge >= 0.3 is 0 Å². The fraction of sp³-hybridized carbons (Fsp3) is 0.312. The van der Waals surface area contributed by atoms with Gasteiger partial charge in [0.15, 0.2) is 11.5 Å². The van der Waals surface area contributed by atoms with Gasteiger partial charge in [-0.05, 0) is 54.5 Å². The zero-order valence-electron chi connectivity index (χ0n) is 22.8. The van der Waals surface area contributed by atoms with Gasteiger partial charge in [-0.3, -0.25) is 9.59 Å². The van der Waals surface area contributed by atoms with E-state index in [1.165, 1.54) is 0 Å². The molecule has 0 unspecified atom stereocenters. The van der Waals surface area contributed by atoms with Gasteiger partial charge in [0.1, 0.15) is 31.3 Å². The van der Waals surface area contributed by atoms with Crippen molar-refractivity contribution in [2.24, 2.45) is 0 Å². The molecule has 0 radical (unpaired) electrons. The van der Waals surface area contributed by atoms with Gasteiger partial charge in [-0.15, -0.1) is 0 Å². The summed E-state index contributed by atoms with van der Waals surface area (Å²) in [5.74, 6) is 0.0666. The predicted molar refractivity (Wildman–Crippen MR) is 151 cm³/mol. The number of ether oxygens (including phenoxy) is 3. The number of hydrogen-bond acceptors (Lipinski definition) is 7. The first-order chi connectivity index (χ1) is 19.5. The number of benzene rings is 3. The summed E-state index contributed by atoms with van der Waals surface area (Å²) in [6.07, 6.45) is 0. The molecule has 3 aromatic rings. The number of carbonyl (C=O) groups is 2. The van der Waals surface area contributed by atoms with Gasteiger partial charge in [-0.2, -0.15) is 0 Å². The van der Waals surface area contributed by atoms with Crippen LogP contribution < -0.4 is 14.2 Å². The van der Waals surface area contributed by atoms with Crippen LogP contribution in [0.2, 0.25) is 0 Å². The van der Waals surface area contributed by atoms with Crippen molar-refractivity contribution in [2.45, 2.75) is 26.5 Å². The molecule has 0 aromatic heterocycles. The van der Waals surface area contributed by atoms with Crippen LogP contribution >= 0.6 is 0 Å². The van der Waals surface area contributed by atoms with E-state index in [4.69, 9.17) is 14.2 Å². The highest BCUT2D eigenvalue weighted by atomic mass is 16.6. The number of aliphatic hydroxyl groups excluding tert-OH is 1. The summed E-state index contributed by atoms with van der Waals surface area (Å²) in [6, 6.07) is 21.4. The highest BCUT2D eigenvalue weighted by Gasteiger charge is 2.46. The first-order valence-electron chi connectivity index (χ1n) is 13.7. The number of fused-ring (bicyclic) bond motifs is 1. The van der Waals surface area contributed by atoms with E-state index in [0.717, 1.165) is 18.7 Å². The molecular formula is C32H34N2O6.